The van der Waals surface area contributed by atoms with Gasteiger partial charge < -0.3 is 19.4 Å². The topological polar surface area (TPSA) is 97.6 Å². The van der Waals surface area contributed by atoms with Crippen molar-refractivity contribution in [1.29, 1.82) is 0 Å². The average molecular weight is 477 g/mol. The number of ether oxygens (including phenoxy) is 1. The summed E-state index contributed by atoms with van der Waals surface area (Å²) in [6.45, 7) is 6.63. The van der Waals surface area contributed by atoms with Crippen LogP contribution in [0.2, 0.25) is 0 Å². The first-order valence-electron chi connectivity index (χ1n) is 11.0. The number of nitrogens with one attached hydrogen (secondary N) is 1. The quantitative estimate of drug-likeness (QED) is 0.466. The van der Waals surface area contributed by atoms with E-state index in [0.717, 1.165) is 21.0 Å². The third-order valence-corrected chi connectivity index (χ3v) is 6.70. The van der Waals surface area contributed by atoms with E-state index in [-0.39, 0.29) is 18.4 Å². The fraction of sp³-hybridized carbons (Fsp3) is 0.280. The number of aromatic nitrogens is 2. The summed E-state index contributed by atoms with van der Waals surface area (Å²) in [5.74, 6) is -0.00676. The summed E-state index contributed by atoms with van der Waals surface area (Å²) in [7, 11) is 0. The lowest BCUT2D eigenvalue weighted by atomic mass is 10.1. The van der Waals surface area contributed by atoms with Gasteiger partial charge in [0.2, 0.25) is 0 Å². The van der Waals surface area contributed by atoms with E-state index in [9.17, 15) is 9.59 Å². The molecule has 1 N–H and O–H groups in total. The van der Waals surface area contributed by atoms with Crippen molar-refractivity contribution in [1.82, 2.24) is 20.2 Å². The number of benzene rings is 2. The number of amides is 2. The highest BCUT2D eigenvalue weighted by atomic mass is 32.1. The van der Waals surface area contributed by atoms with Crippen LogP contribution in [0, 0.1) is 20.8 Å². The first kappa shape index (κ1) is 22.2. The number of thiazole rings is 1. The molecule has 0 radical (unpaired) electrons. The molecule has 0 aliphatic carbocycles. The molecule has 174 valence electrons. The molecule has 2 aromatic heterocycles. The maximum Gasteiger partial charge on any atom is 0.276 e. The molecule has 1 unspecified atom stereocenters. The van der Waals surface area contributed by atoms with Crippen LogP contribution in [0.15, 0.2) is 46.9 Å². The summed E-state index contributed by atoms with van der Waals surface area (Å²) < 4.78 is 11.3. The van der Waals surface area contributed by atoms with Gasteiger partial charge in [0.25, 0.3) is 11.8 Å². The molecule has 1 atom stereocenters. The number of para-hydroxylation sites is 1. The molecule has 9 heteroatoms. The molecular weight excluding hydrogens is 452 g/mol. The molecule has 1 saturated heterocycles. The Morgan fingerprint density at radius 2 is 1.97 bits per heavy atom. The smallest absolute Gasteiger partial charge is 0.276 e. The number of oxazole rings is 1. The first-order valence-corrected chi connectivity index (χ1v) is 11.8. The standard InChI is InChI=1S/C25H24N4O4S/c1-14-6-4-7-17(12-14)23-22(28-16(3)34-23)25(31)29-10-11-32-20(29)13-26-24(30)18-8-5-9-19-21(18)27-15(2)33-19/h4-9,12,20H,10-11,13H2,1-3H3,(H,26,30). The van der Waals surface area contributed by atoms with Gasteiger partial charge >= 0.3 is 0 Å². The van der Waals surface area contributed by atoms with E-state index in [1.807, 2.05) is 38.1 Å². The van der Waals surface area contributed by atoms with Gasteiger partial charge in [-0.15, -0.1) is 11.3 Å². The Bertz CT molecular complexity index is 1390. The van der Waals surface area contributed by atoms with Crippen molar-refractivity contribution in [3.05, 3.63) is 70.2 Å². The Labute approximate surface area is 200 Å². The molecule has 0 bridgehead atoms. The Balaban J connectivity index is 1.34. The number of fused-ring (bicyclic) bond motifs is 1. The second-order valence-electron chi connectivity index (χ2n) is 8.20. The van der Waals surface area contributed by atoms with E-state index in [0.29, 0.717) is 41.4 Å². The van der Waals surface area contributed by atoms with Gasteiger partial charge in [-0.1, -0.05) is 35.9 Å². The van der Waals surface area contributed by atoms with Gasteiger partial charge in [-0.2, -0.15) is 0 Å². The van der Waals surface area contributed by atoms with E-state index in [4.69, 9.17) is 9.15 Å². The van der Waals surface area contributed by atoms with Crippen LogP contribution in [0.25, 0.3) is 21.5 Å². The van der Waals surface area contributed by atoms with Crippen LogP contribution in [-0.4, -0.2) is 52.6 Å². The molecule has 2 aromatic carbocycles. The Hall–Kier alpha value is -3.56. The third kappa shape index (κ3) is 4.20. The van der Waals surface area contributed by atoms with Gasteiger partial charge in [-0.3, -0.25) is 9.59 Å². The first-order chi connectivity index (χ1) is 16.4. The molecule has 8 nitrogen and oxygen atoms in total. The zero-order valence-corrected chi connectivity index (χ0v) is 19.9. The second-order valence-corrected chi connectivity index (χ2v) is 9.40. The highest BCUT2D eigenvalue weighted by Gasteiger charge is 2.33. The molecule has 0 spiro atoms. The summed E-state index contributed by atoms with van der Waals surface area (Å²) in [6.07, 6.45) is -0.581. The van der Waals surface area contributed by atoms with Crippen molar-refractivity contribution in [3.8, 4) is 10.4 Å². The molecule has 1 fully saturated rings. The second kappa shape index (κ2) is 9.00. The van der Waals surface area contributed by atoms with Gasteiger partial charge in [-0.05, 0) is 31.5 Å². The predicted molar refractivity (Wildman–Crippen MR) is 129 cm³/mol. The van der Waals surface area contributed by atoms with Gasteiger partial charge in [-0.25, -0.2) is 9.97 Å². The highest BCUT2D eigenvalue weighted by Crippen LogP contribution is 2.32. The Morgan fingerprint density at radius 1 is 1.15 bits per heavy atom. The molecule has 5 rings (SSSR count). The normalized spacial score (nSPS) is 15.7. The maximum absolute atomic E-state index is 13.5. The third-order valence-electron chi connectivity index (χ3n) is 5.68. The van der Waals surface area contributed by atoms with E-state index in [1.165, 1.54) is 11.3 Å². The molecule has 34 heavy (non-hydrogen) atoms. The summed E-state index contributed by atoms with van der Waals surface area (Å²) in [6, 6.07) is 13.3. The van der Waals surface area contributed by atoms with Crippen LogP contribution in [0.3, 0.4) is 0 Å². The molecule has 1 aliphatic rings. The Morgan fingerprint density at radius 3 is 2.79 bits per heavy atom. The van der Waals surface area contributed by atoms with Crippen molar-refractivity contribution >= 4 is 34.3 Å². The van der Waals surface area contributed by atoms with E-state index < -0.39 is 6.23 Å². The molecule has 4 aromatic rings. The van der Waals surface area contributed by atoms with E-state index in [1.54, 1.807) is 30.0 Å². The summed E-state index contributed by atoms with van der Waals surface area (Å²) in [5, 5.41) is 3.70. The summed E-state index contributed by atoms with van der Waals surface area (Å²) >= 11 is 1.50. The average Bonchev–Trinajstić information content (AvgIpc) is 3.53. The number of hydrogen-bond donors (Lipinski definition) is 1. The van der Waals surface area contributed by atoms with Gasteiger partial charge in [0.15, 0.2) is 11.5 Å². The summed E-state index contributed by atoms with van der Waals surface area (Å²) in [5.41, 5.74) is 3.99. The van der Waals surface area contributed by atoms with Crippen molar-refractivity contribution in [2.45, 2.75) is 27.0 Å². The number of rotatable bonds is 5. The largest absolute Gasteiger partial charge is 0.441 e. The molecular formula is C25H24N4O4S. The number of carbonyl (C=O) groups excluding carboxylic acids is 2. The van der Waals surface area contributed by atoms with Crippen LogP contribution in [-0.2, 0) is 4.74 Å². The van der Waals surface area contributed by atoms with Crippen LogP contribution < -0.4 is 5.32 Å². The highest BCUT2D eigenvalue weighted by molar-refractivity contribution is 7.15. The van der Waals surface area contributed by atoms with Gasteiger partial charge in [0.1, 0.15) is 17.4 Å². The molecule has 1 aliphatic heterocycles. The SMILES string of the molecule is Cc1cccc(-c2sc(C)nc2C(=O)N2CCOC2CNC(=O)c2cccc3oc(C)nc23)c1. The summed E-state index contributed by atoms with van der Waals surface area (Å²) in [4.78, 5) is 37.7. The van der Waals surface area contributed by atoms with Crippen molar-refractivity contribution in [3.63, 3.8) is 0 Å². The minimum absolute atomic E-state index is 0.153. The number of nitrogens with zero attached hydrogens (tertiary/aromatic N) is 3. The monoisotopic (exact) mass is 476 g/mol. The number of carbonyl (C=O) groups is 2. The fourth-order valence-electron chi connectivity index (χ4n) is 4.13. The zero-order valence-electron chi connectivity index (χ0n) is 19.1. The number of hydrogen-bond acceptors (Lipinski definition) is 7. The minimum Gasteiger partial charge on any atom is -0.441 e. The predicted octanol–water partition coefficient (Wildman–Crippen LogP) is 4.11. The fourth-order valence-corrected chi connectivity index (χ4v) is 5.04. The van der Waals surface area contributed by atoms with Crippen molar-refractivity contribution < 1.29 is 18.7 Å². The van der Waals surface area contributed by atoms with Crippen molar-refractivity contribution in [2.75, 3.05) is 19.7 Å². The van der Waals surface area contributed by atoms with Crippen LogP contribution >= 0.6 is 11.3 Å². The zero-order chi connectivity index (χ0) is 23.8. The van der Waals surface area contributed by atoms with Crippen LogP contribution in [0.4, 0.5) is 0 Å². The van der Waals surface area contributed by atoms with Gasteiger partial charge in [0.05, 0.1) is 28.6 Å². The minimum atomic E-state index is -0.581. The van der Waals surface area contributed by atoms with Crippen LogP contribution in [0.1, 0.15) is 37.3 Å². The van der Waals surface area contributed by atoms with E-state index >= 15 is 0 Å². The lowest BCUT2D eigenvalue weighted by Crippen LogP contribution is -2.44. The van der Waals surface area contributed by atoms with Crippen molar-refractivity contribution in [2.24, 2.45) is 0 Å². The molecule has 2 amide bonds. The maximum atomic E-state index is 13.5. The lowest BCUT2D eigenvalue weighted by molar-refractivity contribution is 0.0277. The Kier molecular flexibility index (Phi) is 5.89. The van der Waals surface area contributed by atoms with E-state index in [2.05, 4.69) is 15.3 Å². The van der Waals surface area contributed by atoms with Crippen LogP contribution in [0.5, 0.6) is 0 Å². The van der Waals surface area contributed by atoms with Gasteiger partial charge in [0, 0.05) is 13.5 Å². The number of aryl methyl sites for hydroxylation is 3. The molecule has 3 heterocycles. The lowest BCUT2D eigenvalue weighted by Gasteiger charge is -2.23. The molecule has 0 saturated carbocycles.